The van der Waals surface area contributed by atoms with E-state index in [-0.39, 0.29) is 5.82 Å². The molecule has 1 aliphatic rings. The molecule has 21 heavy (non-hydrogen) atoms. The van der Waals surface area contributed by atoms with Gasteiger partial charge < -0.3 is 10.6 Å². The summed E-state index contributed by atoms with van der Waals surface area (Å²) in [6.45, 7) is 0. The number of nitrogens with one attached hydrogen (secondary N) is 2. The van der Waals surface area contributed by atoms with E-state index in [9.17, 15) is 4.39 Å². The van der Waals surface area contributed by atoms with Gasteiger partial charge in [-0.05, 0) is 37.1 Å². The van der Waals surface area contributed by atoms with Crippen LogP contribution in [0.4, 0.5) is 21.7 Å². The van der Waals surface area contributed by atoms with E-state index in [0.29, 0.717) is 11.9 Å². The minimum atomic E-state index is -0.247. The molecule has 0 unspecified atom stereocenters. The average molecular weight is 286 g/mol. The molecule has 0 atom stereocenters. The summed E-state index contributed by atoms with van der Waals surface area (Å²) in [4.78, 5) is 8.46. The third-order valence-corrected chi connectivity index (χ3v) is 3.74. The highest BCUT2D eigenvalue weighted by Gasteiger charge is 2.13. The van der Waals surface area contributed by atoms with E-state index in [2.05, 4.69) is 20.6 Å². The lowest BCUT2D eigenvalue weighted by molar-refractivity contribution is 0.462. The van der Waals surface area contributed by atoms with Crippen molar-refractivity contribution in [1.82, 2.24) is 9.97 Å². The van der Waals surface area contributed by atoms with Gasteiger partial charge in [0.2, 0.25) is 0 Å². The molecule has 0 bridgehead atoms. The number of hydrogen-bond acceptors (Lipinski definition) is 4. The van der Waals surface area contributed by atoms with Gasteiger partial charge in [0.15, 0.2) is 0 Å². The van der Waals surface area contributed by atoms with Crippen LogP contribution in [0.15, 0.2) is 36.7 Å². The smallest absolute Gasteiger partial charge is 0.135 e. The van der Waals surface area contributed by atoms with Gasteiger partial charge in [-0.15, -0.1) is 0 Å². The lowest BCUT2D eigenvalue weighted by Gasteiger charge is -2.23. The van der Waals surface area contributed by atoms with E-state index in [4.69, 9.17) is 0 Å². The van der Waals surface area contributed by atoms with Crippen molar-refractivity contribution in [3.63, 3.8) is 0 Å². The fourth-order valence-corrected chi connectivity index (χ4v) is 2.64. The minimum absolute atomic E-state index is 0.247. The predicted molar refractivity (Wildman–Crippen MR) is 82.2 cm³/mol. The van der Waals surface area contributed by atoms with Crippen molar-refractivity contribution < 1.29 is 4.39 Å². The number of rotatable bonds is 4. The lowest BCUT2D eigenvalue weighted by atomic mass is 9.95. The lowest BCUT2D eigenvalue weighted by Crippen LogP contribution is -2.22. The van der Waals surface area contributed by atoms with Gasteiger partial charge in [0.05, 0.1) is 0 Å². The molecule has 2 N–H and O–H groups in total. The molecule has 0 amide bonds. The molecule has 0 radical (unpaired) electrons. The summed E-state index contributed by atoms with van der Waals surface area (Å²) in [6.07, 6.45) is 7.83. The molecule has 0 saturated heterocycles. The molecule has 0 spiro atoms. The maximum absolute atomic E-state index is 12.9. The SMILES string of the molecule is Fc1ccc(Nc2cc(NC3CCCCC3)ncn2)cc1. The van der Waals surface area contributed by atoms with E-state index >= 15 is 0 Å². The summed E-state index contributed by atoms with van der Waals surface area (Å²) in [5, 5.41) is 6.62. The van der Waals surface area contributed by atoms with Crippen LogP contribution in [0.5, 0.6) is 0 Å². The van der Waals surface area contributed by atoms with E-state index < -0.39 is 0 Å². The normalized spacial score (nSPS) is 15.7. The summed E-state index contributed by atoms with van der Waals surface area (Å²) in [7, 11) is 0. The summed E-state index contributed by atoms with van der Waals surface area (Å²) in [6, 6.07) is 8.61. The number of aromatic nitrogens is 2. The monoisotopic (exact) mass is 286 g/mol. The number of benzene rings is 1. The third kappa shape index (κ3) is 3.90. The number of anilines is 3. The largest absolute Gasteiger partial charge is 0.367 e. The molecule has 3 rings (SSSR count). The molecule has 5 heteroatoms. The van der Waals surface area contributed by atoms with Crippen LogP contribution in [0.2, 0.25) is 0 Å². The molecule has 4 nitrogen and oxygen atoms in total. The first-order valence-corrected chi connectivity index (χ1v) is 7.41. The second-order valence-corrected chi connectivity index (χ2v) is 5.40. The fourth-order valence-electron chi connectivity index (χ4n) is 2.64. The number of nitrogens with zero attached hydrogens (tertiary/aromatic N) is 2. The predicted octanol–water partition coefficient (Wildman–Crippen LogP) is 4.10. The summed E-state index contributed by atoms with van der Waals surface area (Å²) in [5.74, 6) is 1.29. The summed E-state index contributed by atoms with van der Waals surface area (Å²) >= 11 is 0. The van der Waals surface area contributed by atoms with Crippen molar-refractivity contribution in [3.8, 4) is 0 Å². The quantitative estimate of drug-likeness (QED) is 0.888. The van der Waals surface area contributed by atoms with Crippen molar-refractivity contribution in [2.75, 3.05) is 10.6 Å². The van der Waals surface area contributed by atoms with E-state index in [1.165, 1.54) is 50.6 Å². The maximum atomic E-state index is 12.9. The van der Waals surface area contributed by atoms with Gasteiger partial charge in [-0.2, -0.15) is 0 Å². The molecule has 2 aromatic rings. The Labute approximate surface area is 123 Å². The highest BCUT2D eigenvalue weighted by molar-refractivity contribution is 5.58. The molecule has 1 fully saturated rings. The number of hydrogen-bond donors (Lipinski definition) is 2. The standard InChI is InChI=1S/C16H19FN4/c17-12-6-8-14(9-7-12)21-16-10-15(18-11-19-16)20-13-4-2-1-3-5-13/h6-11,13H,1-5H2,(H2,18,19,20,21). The molecule has 1 heterocycles. The van der Waals surface area contributed by atoms with E-state index in [1.54, 1.807) is 12.1 Å². The van der Waals surface area contributed by atoms with Crippen LogP contribution < -0.4 is 10.6 Å². The molecule has 110 valence electrons. The molecule has 1 aliphatic carbocycles. The first-order valence-electron chi connectivity index (χ1n) is 7.41. The van der Waals surface area contributed by atoms with E-state index in [1.807, 2.05) is 6.07 Å². The molecule has 1 aromatic heterocycles. The van der Waals surface area contributed by atoms with Crippen LogP contribution in [0.25, 0.3) is 0 Å². The van der Waals surface area contributed by atoms with Gasteiger partial charge in [0.25, 0.3) is 0 Å². The molecular weight excluding hydrogens is 267 g/mol. The molecule has 1 aromatic carbocycles. The Morgan fingerprint density at radius 1 is 0.952 bits per heavy atom. The molecule has 0 aliphatic heterocycles. The first-order chi connectivity index (χ1) is 10.3. The first kappa shape index (κ1) is 13.8. The highest BCUT2D eigenvalue weighted by Crippen LogP contribution is 2.22. The third-order valence-electron chi connectivity index (χ3n) is 3.74. The zero-order valence-electron chi connectivity index (χ0n) is 11.8. The average Bonchev–Trinajstić information content (AvgIpc) is 2.51. The number of halogens is 1. The van der Waals surface area contributed by atoms with Crippen molar-refractivity contribution in [2.24, 2.45) is 0 Å². The summed E-state index contributed by atoms with van der Waals surface area (Å²) < 4.78 is 12.9. The molecular formula is C16H19FN4. The van der Waals surface area contributed by atoms with Gasteiger partial charge in [-0.1, -0.05) is 19.3 Å². The Kier molecular flexibility index (Phi) is 4.28. The summed E-state index contributed by atoms with van der Waals surface area (Å²) in [5.41, 5.74) is 0.804. The molecule has 1 saturated carbocycles. The van der Waals surface area contributed by atoms with Crippen LogP contribution >= 0.6 is 0 Å². The minimum Gasteiger partial charge on any atom is -0.367 e. The van der Waals surface area contributed by atoms with Crippen LogP contribution in [-0.2, 0) is 0 Å². The van der Waals surface area contributed by atoms with Gasteiger partial charge in [-0.25, -0.2) is 14.4 Å². The van der Waals surface area contributed by atoms with Crippen LogP contribution in [0.3, 0.4) is 0 Å². The zero-order chi connectivity index (χ0) is 14.5. The van der Waals surface area contributed by atoms with E-state index in [0.717, 1.165) is 11.5 Å². The van der Waals surface area contributed by atoms with Crippen LogP contribution in [-0.4, -0.2) is 16.0 Å². The van der Waals surface area contributed by atoms with Crippen molar-refractivity contribution >= 4 is 17.3 Å². The van der Waals surface area contributed by atoms with Gasteiger partial charge in [0.1, 0.15) is 23.8 Å². The van der Waals surface area contributed by atoms with Crippen molar-refractivity contribution in [1.29, 1.82) is 0 Å². The van der Waals surface area contributed by atoms with Crippen molar-refractivity contribution in [3.05, 3.63) is 42.5 Å². The second-order valence-electron chi connectivity index (χ2n) is 5.40. The van der Waals surface area contributed by atoms with Gasteiger partial charge >= 0.3 is 0 Å². The Balaban J connectivity index is 1.66. The van der Waals surface area contributed by atoms with Gasteiger partial charge in [-0.3, -0.25) is 0 Å². The van der Waals surface area contributed by atoms with Crippen LogP contribution in [0, 0.1) is 5.82 Å². The van der Waals surface area contributed by atoms with Gasteiger partial charge in [0, 0.05) is 17.8 Å². The topological polar surface area (TPSA) is 49.8 Å². The fraction of sp³-hybridized carbons (Fsp3) is 0.375. The highest BCUT2D eigenvalue weighted by atomic mass is 19.1. The Hall–Kier alpha value is -2.17. The Bertz CT molecular complexity index is 579. The Morgan fingerprint density at radius 2 is 1.67 bits per heavy atom. The Morgan fingerprint density at radius 3 is 2.43 bits per heavy atom. The second kappa shape index (κ2) is 6.52. The maximum Gasteiger partial charge on any atom is 0.135 e. The van der Waals surface area contributed by atoms with Crippen molar-refractivity contribution in [2.45, 2.75) is 38.1 Å². The zero-order valence-corrected chi connectivity index (χ0v) is 11.8. The van der Waals surface area contributed by atoms with Crippen LogP contribution in [0.1, 0.15) is 32.1 Å².